The number of benzene rings is 3. The second-order valence-electron chi connectivity index (χ2n) is 5.65. The predicted octanol–water partition coefficient (Wildman–Crippen LogP) is 4.41. The molecule has 0 bridgehead atoms. The van der Waals surface area contributed by atoms with E-state index in [2.05, 4.69) is 29.2 Å². The Morgan fingerprint density at radius 1 is 0.913 bits per heavy atom. The molecular weight excluding hydrogens is 286 g/mol. The van der Waals surface area contributed by atoms with Crippen LogP contribution < -0.4 is 4.74 Å². The molecule has 3 aromatic carbocycles. The Kier molecular flexibility index (Phi) is 3.28. The molecule has 0 amide bonds. The minimum atomic E-state index is -0.712. The number of fused-ring (bicyclic) bond motifs is 3. The maximum Gasteiger partial charge on any atom is 0.119 e. The minimum Gasteiger partial charge on any atom is -0.497 e. The lowest BCUT2D eigenvalue weighted by atomic mass is 10.0. The van der Waals surface area contributed by atoms with Crippen molar-refractivity contribution in [3.8, 4) is 5.75 Å². The molecule has 1 unspecified atom stereocenters. The first kappa shape index (κ1) is 13.9. The molecule has 0 spiro atoms. The Balaban J connectivity index is 1.83. The number of aliphatic hydroxyl groups is 1. The molecule has 0 radical (unpaired) electrons. The summed E-state index contributed by atoms with van der Waals surface area (Å²) in [5, 5.41) is 14.2. The molecule has 1 aromatic heterocycles. The Morgan fingerprint density at radius 2 is 1.78 bits per heavy atom. The van der Waals surface area contributed by atoms with Crippen molar-refractivity contribution in [1.82, 2.24) is 4.98 Å². The van der Waals surface area contributed by atoms with E-state index >= 15 is 0 Å². The Morgan fingerprint density at radius 3 is 2.65 bits per heavy atom. The van der Waals surface area contributed by atoms with Crippen molar-refractivity contribution in [2.24, 2.45) is 0 Å². The highest BCUT2D eigenvalue weighted by Crippen LogP contribution is 2.31. The molecule has 0 saturated carbocycles. The molecule has 3 nitrogen and oxygen atoms in total. The second-order valence-corrected chi connectivity index (χ2v) is 5.65. The molecule has 0 aliphatic carbocycles. The molecule has 0 aliphatic rings. The highest BCUT2D eigenvalue weighted by atomic mass is 16.5. The highest BCUT2D eigenvalue weighted by molar-refractivity contribution is 6.06. The third-order valence-electron chi connectivity index (χ3n) is 4.25. The van der Waals surface area contributed by atoms with Gasteiger partial charge in [-0.1, -0.05) is 42.5 Å². The number of methoxy groups -OCH3 is 1. The van der Waals surface area contributed by atoms with Crippen molar-refractivity contribution < 1.29 is 9.84 Å². The monoisotopic (exact) mass is 303 g/mol. The van der Waals surface area contributed by atoms with Crippen molar-refractivity contribution in [3.63, 3.8) is 0 Å². The summed E-state index contributed by atoms with van der Waals surface area (Å²) in [4.78, 5) is 3.33. The fourth-order valence-electron chi connectivity index (χ4n) is 3.05. The zero-order valence-corrected chi connectivity index (χ0v) is 12.8. The number of nitrogens with one attached hydrogen (secondary N) is 1. The summed E-state index contributed by atoms with van der Waals surface area (Å²) < 4.78 is 5.24. The zero-order valence-electron chi connectivity index (χ0n) is 12.8. The maximum absolute atomic E-state index is 10.7. The van der Waals surface area contributed by atoms with Crippen molar-refractivity contribution in [2.75, 3.05) is 7.11 Å². The molecular formula is C20H17NO2. The minimum absolute atomic E-state index is 0.712. The van der Waals surface area contributed by atoms with Gasteiger partial charge in [0.2, 0.25) is 0 Å². The summed E-state index contributed by atoms with van der Waals surface area (Å²) in [6.45, 7) is 0. The molecule has 23 heavy (non-hydrogen) atoms. The molecule has 114 valence electrons. The normalized spacial score (nSPS) is 12.6. The summed E-state index contributed by atoms with van der Waals surface area (Å²) in [6.07, 6.45) is -0.712. The van der Waals surface area contributed by atoms with Gasteiger partial charge in [-0.3, -0.25) is 0 Å². The van der Waals surface area contributed by atoms with Gasteiger partial charge in [-0.25, -0.2) is 0 Å². The van der Waals surface area contributed by atoms with Gasteiger partial charge in [-0.2, -0.15) is 0 Å². The van der Waals surface area contributed by atoms with E-state index in [1.54, 1.807) is 7.11 Å². The number of aliphatic hydroxyl groups excluding tert-OH is 1. The van der Waals surface area contributed by atoms with Crippen molar-refractivity contribution in [3.05, 3.63) is 78.0 Å². The quantitative estimate of drug-likeness (QED) is 0.589. The number of rotatable bonds is 3. The fourth-order valence-corrected chi connectivity index (χ4v) is 3.05. The van der Waals surface area contributed by atoms with E-state index in [1.165, 1.54) is 10.8 Å². The van der Waals surface area contributed by atoms with Gasteiger partial charge in [0.05, 0.1) is 7.11 Å². The average Bonchev–Trinajstić information content (AvgIpc) is 3.06. The van der Waals surface area contributed by atoms with Crippen LogP contribution in [0.25, 0.3) is 21.7 Å². The third-order valence-corrected chi connectivity index (χ3v) is 4.25. The van der Waals surface area contributed by atoms with Crippen LogP contribution in [0.2, 0.25) is 0 Å². The standard InChI is InChI=1S/C20H17NO2/c1-23-15-7-4-6-14(11-15)20(22)19-12-17-16-8-3-2-5-13(16)9-10-18(17)21-19/h2-12,20-22H,1H3. The van der Waals surface area contributed by atoms with Crippen molar-refractivity contribution in [2.45, 2.75) is 6.10 Å². The van der Waals surface area contributed by atoms with Gasteiger partial charge < -0.3 is 14.8 Å². The smallest absolute Gasteiger partial charge is 0.119 e. The molecule has 1 heterocycles. The second kappa shape index (κ2) is 5.45. The highest BCUT2D eigenvalue weighted by Gasteiger charge is 2.15. The lowest BCUT2D eigenvalue weighted by molar-refractivity contribution is 0.216. The summed E-state index contributed by atoms with van der Waals surface area (Å²) in [5.74, 6) is 0.739. The van der Waals surface area contributed by atoms with Crippen LogP contribution in [0, 0.1) is 0 Å². The number of H-pyrrole nitrogens is 1. The first-order valence-corrected chi connectivity index (χ1v) is 7.58. The van der Waals surface area contributed by atoms with Gasteiger partial charge >= 0.3 is 0 Å². The third kappa shape index (κ3) is 2.35. The first-order valence-electron chi connectivity index (χ1n) is 7.58. The first-order chi connectivity index (χ1) is 11.3. The van der Waals surface area contributed by atoms with Crippen LogP contribution in [0.15, 0.2) is 66.7 Å². The van der Waals surface area contributed by atoms with Crippen LogP contribution >= 0.6 is 0 Å². The number of hydrogen-bond donors (Lipinski definition) is 2. The van der Waals surface area contributed by atoms with Gasteiger partial charge in [0.1, 0.15) is 11.9 Å². The van der Waals surface area contributed by atoms with E-state index in [4.69, 9.17) is 4.74 Å². The Hall–Kier alpha value is -2.78. The number of ether oxygens (including phenoxy) is 1. The van der Waals surface area contributed by atoms with Crippen LogP contribution in [-0.4, -0.2) is 17.2 Å². The summed E-state index contributed by atoms with van der Waals surface area (Å²) in [5.41, 5.74) is 2.62. The van der Waals surface area contributed by atoms with E-state index in [0.29, 0.717) is 0 Å². The molecule has 1 atom stereocenters. The van der Waals surface area contributed by atoms with Gasteiger partial charge in [0, 0.05) is 16.6 Å². The van der Waals surface area contributed by atoms with Crippen LogP contribution in [-0.2, 0) is 0 Å². The van der Waals surface area contributed by atoms with Crippen LogP contribution in [0.1, 0.15) is 17.4 Å². The SMILES string of the molecule is COc1cccc(C(O)c2cc3c(ccc4ccccc43)[nH]2)c1. The molecule has 0 saturated heterocycles. The maximum atomic E-state index is 10.7. The predicted molar refractivity (Wildman–Crippen MR) is 92.9 cm³/mol. The van der Waals surface area contributed by atoms with E-state index < -0.39 is 6.10 Å². The largest absolute Gasteiger partial charge is 0.497 e. The summed E-state index contributed by atoms with van der Waals surface area (Å²) in [7, 11) is 1.63. The molecule has 0 fully saturated rings. The topological polar surface area (TPSA) is 45.2 Å². The molecule has 3 heteroatoms. The molecule has 4 rings (SSSR count). The van der Waals surface area contributed by atoms with E-state index in [1.807, 2.05) is 42.5 Å². The van der Waals surface area contributed by atoms with Crippen molar-refractivity contribution >= 4 is 21.7 Å². The van der Waals surface area contributed by atoms with E-state index in [-0.39, 0.29) is 0 Å². The van der Waals surface area contributed by atoms with Gasteiger partial charge in [0.15, 0.2) is 0 Å². The molecule has 4 aromatic rings. The van der Waals surface area contributed by atoms with Gasteiger partial charge in [-0.05, 0) is 40.6 Å². The lowest BCUT2D eigenvalue weighted by Gasteiger charge is -2.10. The molecule has 0 aliphatic heterocycles. The Bertz CT molecular complexity index is 987. The lowest BCUT2D eigenvalue weighted by Crippen LogP contribution is -2.00. The van der Waals surface area contributed by atoms with Crippen LogP contribution in [0.3, 0.4) is 0 Å². The van der Waals surface area contributed by atoms with Gasteiger partial charge in [-0.15, -0.1) is 0 Å². The number of aromatic nitrogens is 1. The number of hydrogen-bond acceptors (Lipinski definition) is 2. The summed E-state index contributed by atoms with van der Waals surface area (Å²) >= 11 is 0. The Labute approximate surface area is 134 Å². The zero-order chi connectivity index (χ0) is 15.8. The summed E-state index contributed by atoms with van der Waals surface area (Å²) in [6, 6.07) is 22.0. The van der Waals surface area contributed by atoms with Crippen molar-refractivity contribution in [1.29, 1.82) is 0 Å². The van der Waals surface area contributed by atoms with E-state index in [0.717, 1.165) is 27.9 Å². The van der Waals surface area contributed by atoms with Gasteiger partial charge in [0.25, 0.3) is 0 Å². The van der Waals surface area contributed by atoms with Crippen LogP contribution in [0.5, 0.6) is 5.75 Å². The van der Waals surface area contributed by atoms with E-state index in [9.17, 15) is 5.11 Å². The molecule has 2 N–H and O–H groups in total. The average molecular weight is 303 g/mol. The fraction of sp³-hybridized carbons (Fsp3) is 0.100. The van der Waals surface area contributed by atoms with Crippen LogP contribution in [0.4, 0.5) is 0 Å². The number of aromatic amines is 1.